The molecule has 0 radical (unpaired) electrons. The van der Waals surface area contributed by atoms with E-state index in [1.165, 1.54) is 0 Å². The Morgan fingerprint density at radius 2 is 1.62 bits per heavy atom. The van der Waals surface area contributed by atoms with Crippen LogP contribution in [-0.4, -0.2) is 72.4 Å². The smallest absolute Gasteiger partial charge is 0.102 e. The first-order valence-corrected chi connectivity index (χ1v) is 4.40. The third kappa shape index (κ3) is 5.17. The van der Waals surface area contributed by atoms with Gasteiger partial charge in [-0.25, -0.2) is 0 Å². The van der Waals surface area contributed by atoms with Gasteiger partial charge in [0.15, 0.2) is 0 Å². The van der Waals surface area contributed by atoms with Gasteiger partial charge in [0, 0.05) is 6.61 Å². The molecule has 1 atom stereocenters. The van der Waals surface area contributed by atoms with Gasteiger partial charge in [0.25, 0.3) is 0 Å². The first-order chi connectivity index (χ1) is 6.08. The highest BCUT2D eigenvalue weighted by Gasteiger charge is 2.20. The fourth-order valence-corrected chi connectivity index (χ4v) is 1.33. The molecule has 0 aliphatic rings. The second kappa shape index (κ2) is 6.28. The van der Waals surface area contributed by atoms with Gasteiger partial charge in [-0.2, -0.15) is 0 Å². The van der Waals surface area contributed by atoms with E-state index in [0.29, 0.717) is 17.6 Å². The molecule has 0 aromatic heterocycles. The highest BCUT2D eigenvalue weighted by Crippen LogP contribution is 2.01. The van der Waals surface area contributed by atoms with Crippen molar-refractivity contribution < 1.29 is 24.9 Å². The summed E-state index contributed by atoms with van der Waals surface area (Å²) in [4.78, 5) is 0. The van der Waals surface area contributed by atoms with Crippen LogP contribution in [-0.2, 0) is 0 Å². The van der Waals surface area contributed by atoms with Crippen molar-refractivity contribution in [3.8, 4) is 0 Å². The van der Waals surface area contributed by atoms with Gasteiger partial charge < -0.3 is 24.9 Å². The van der Waals surface area contributed by atoms with Crippen LogP contribution in [0.1, 0.15) is 0 Å². The standard InChI is InChI=1S/C8H19NO4/c1-9(2-4-10,3-5-11)6-8(13)7-12/h8,10-12H,2-7H2,1H3. The molecule has 0 fully saturated rings. The Morgan fingerprint density at radius 3 is 1.92 bits per heavy atom. The van der Waals surface area contributed by atoms with Gasteiger partial charge in [0.1, 0.15) is 13.1 Å². The lowest BCUT2D eigenvalue weighted by Crippen LogP contribution is -2.55. The predicted octanol–water partition coefficient (Wildman–Crippen LogP) is -2.86. The lowest BCUT2D eigenvalue weighted by atomic mass is 10.3. The molecule has 0 amide bonds. The Morgan fingerprint density at radius 1 is 1.15 bits per heavy atom. The van der Waals surface area contributed by atoms with Gasteiger partial charge in [-0.05, 0) is 0 Å². The topological polar surface area (TPSA) is 83.8 Å². The van der Waals surface area contributed by atoms with Gasteiger partial charge in [-0.15, -0.1) is 0 Å². The summed E-state index contributed by atoms with van der Waals surface area (Å²) in [5, 5.41) is 37.1. The molecular formula is C8H19NO4. The molecule has 5 heteroatoms. The van der Waals surface area contributed by atoms with E-state index < -0.39 is 12.7 Å². The number of aliphatic hydroxyl groups is 3. The van der Waals surface area contributed by atoms with Crippen LogP contribution < -0.4 is 5.11 Å². The Hall–Kier alpha value is -0.200. The van der Waals surface area contributed by atoms with Crippen LogP contribution in [0.2, 0.25) is 0 Å². The van der Waals surface area contributed by atoms with E-state index >= 15 is 0 Å². The minimum Gasteiger partial charge on any atom is -0.846 e. The van der Waals surface area contributed by atoms with Crippen LogP contribution in [0.3, 0.4) is 0 Å². The Balaban J connectivity index is 4.05. The summed E-state index contributed by atoms with van der Waals surface area (Å²) in [5.74, 6) is 0. The molecule has 0 saturated heterocycles. The van der Waals surface area contributed by atoms with Crippen LogP contribution in [0.25, 0.3) is 0 Å². The van der Waals surface area contributed by atoms with Gasteiger partial charge in [0.05, 0.1) is 26.8 Å². The molecule has 0 rings (SSSR count). The van der Waals surface area contributed by atoms with Gasteiger partial charge >= 0.3 is 0 Å². The number of hydrogen-bond acceptors (Lipinski definition) is 4. The van der Waals surface area contributed by atoms with Crippen molar-refractivity contribution in [2.75, 3.05) is 46.5 Å². The van der Waals surface area contributed by atoms with Gasteiger partial charge in [-0.1, -0.05) is 6.10 Å². The summed E-state index contributed by atoms with van der Waals surface area (Å²) in [7, 11) is 1.78. The maximum absolute atomic E-state index is 11.0. The highest BCUT2D eigenvalue weighted by molar-refractivity contribution is 4.50. The number of aliphatic hydroxyl groups excluding tert-OH is 3. The summed E-state index contributed by atoms with van der Waals surface area (Å²) in [6.45, 7) is 0.657. The van der Waals surface area contributed by atoms with E-state index in [0.717, 1.165) is 0 Å². The second-order valence-corrected chi connectivity index (χ2v) is 3.50. The Bertz CT molecular complexity index is 125. The van der Waals surface area contributed by atoms with Crippen molar-refractivity contribution >= 4 is 0 Å². The lowest BCUT2D eigenvalue weighted by molar-refractivity contribution is -0.918. The molecule has 5 nitrogen and oxygen atoms in total. The fraction of sp³-hybridized carbons (Fsp3) is 1.00. The molecule has 0 aliphatic carbocycles. The van der Waals surface area contributed by atoms with E-state index in [1.54, 1.807) is 7.05 Å². The van der Waals surface area contributed by atoms with Crippen molar-refractivity contribution in [3.05, 3.63) is 0 Å². The second-order valence-electron chi connectivity index (χ2n) is 3.50. The Kier molecular flexibility index (Phi) is 6.19. The van der Waals surface area contributed by atoms with Crippen LogP contribution in [0.4, 0.5) is 0 Å². The van der Waals surface area contributed by atoms with Crippen molar-refractivity contribution in [2.45, 2.75) is 6.10 Å². The summed E-state index contributed by atoms with van der Waals surface area (Å²) in [6, 6.07) is 0. The van der Waals surface area contributed by atoms with E-state index in [9.17, 15) is 5.11 Å². The van der Waals surface area contributed by atoms with Crippen molar-refractivity contribution in [1.29, 1.82) is 0 Å². The zero-order valence-electron chi connectivity index (χ0n) is 8.02. The number of rotatable bonds is 7. The molecule has 0 spiro atoms. The van der Waals surface area contributed by atoms with E-state index in [4.69, 9.17) is 15.3 Å². The number of likely N-dealkylation sites (N-methyl/N-ethyl adjacent to an activating group) is 1. The molecule has 0 saturated carbocycles. The van der Waals surface area contributed by atoms with Gasteiger partial charge in [0.2, 0.25) is 0 Å². The predicted molar refractivity (Wildman–Crippen MR) is 45.8 cm³/mol. The molecule has 13 heavy (non-hydrogen) atoms. The van der Waals surface area contributed by atoms with Crippen LogP contribution in [0.5, 0.6) is 0 Å². The SMILES string of the molecule is C[N+](CCO)(CCO)CC([O-])CO. The number of quaternary nitrogens is 1. The third-order valence-corrected chi connectivity index (χ3v) is 2.13. The van der Waals surface area contributed by atoms with Crippen molar-refractivity contribution in [2.24, 2.45) is 0 Å². The highest BCUT2D eigenvalue weighted by atomic mass is 16.3. The van der Waals surface area contributed by atoms with Crippen molar-refractivity contribution in [3.63, 3.8) is 0 Å². The zero-order valence-corrected chi connectivity index (χ0v) is 8.02. The fourth-order valence-electron chi connectivity index (χ4n) is 1.33. The summed E-state index contributed by atoms with van der Waals surface area (Å²) in [6.07, 6.45) is -1.04. The molecule has 0 bridgehead atoms. The first-order valence-electron chi connectivity index (χ1n) is 4.40. The van der Waals surface area contributed by atoms with Crippen LogP contribution >= 0.6 is 0 Å². The largest absolute Gasteiger partial charge is 0.846 e. The van der Waals surface area contributed by atoms with E-state index in [2.05, 4.69) is 0 Å². The average molecular weight is 193 g/mol. The number of hydrogen-bond donors (Lipinski definition) is 3. The molecule has 80 valence electrons. The minimum absolute atomic E-state index is 0.0192. The maximum atomic E-state index is 11.0. The monoisotopic (exact) mass is 193 g/mol. The summed E-state index contributed by atoms with van der Waals surface area (Å²) in [5.41, 5.74) is 0. The Labute approximate surface area is 78.4 Å². The summed E-state index contributed by atoms with van der Waals surface area (Å²) < 4.78 is 0.307. The van der Waals surface area contributed by atoms with Crippen molar-refractivity contribution in [1.82, 2.24) is 0 Å². The van der Waals surface area contributed by atoms with E-state index in [-0.39, 0.29) is 19.8 Å². The van der Waals surface area contributed by atoms with Crippen LogP contribution in [0, 0.1) is 0 Å². The maximum Gasteiger partial charge on any atom is 0.102 e. The average Bonchev–Trinajstić information content (AvgIpc) is 2.04. The van der Waals surface area contributed by atoms with E-state index in [1.807, 2.05) is 0 Å². The summed E-state index contributed by atoms with van der Waals surface area (Å²) >= 11 is 0. The molecule has 0 heterocycles. The van der Waals surface area contributed by atoms with Gasteiger partial charge in [-0.3, -0.25) is 0 Å². The third-order valence-electron chi connectivity index (χ3n) is 2.13. The molecule has 0 aromatic rings. The first kappa shape index (κ1) is 12.8. The lowest BCUT2D eigenvalue weighted by Gasteiger charge is -2.38. The van der Waals surface area contributed by atoms with Crippen LogP contribution in [0.15, 0.2) is 0 Å². The zero-order chi connectivity index (χ0) is 10.3. The number of nitrogens with zero attached hydrogens (tertiary/aromatic N) is 1. The molecular weight excluding hydrogens is 174 g/mol. The molecule has 3 N–H and O–H groups in total. The molecule has 0 aromatic carbocycles. The normalized spacial score (nSPS) is 14.5. The quantitative estimate of drug-likeness (QED) is 0.380. The molecule has 1 unspecified atom stereocenters. The minimum atomic E-state index is -1.04. The molecule has 0 aliphatic heterocycles.